The van der Waals surface area contributed by atoms with Crippen molar-refractivity contribution in [3.8, 4) is 0 Å². The maximum absolute atomic E-state index is 14.5. The van der Waals surface area contributed by atoms with Gasteiger partial charge in [0.25, 0.3) is 10.0 Å². The van der Waals surface area contributed by atoms with Crippen molar-refractivity contribution < 1.29 is 18.0 Å². The predicted molar refractivity (Wildman–Crippen MR) is 176 cm³/mol. The van der Waals surface area contributed by atoms with Crippen molar-refractivity contribution in [1.29, 1.82) is 0 Å². The van der Waals surface area contributed by atoms with E-state index in [9.17, 15) is 18.0 Å². The molecule has 0 aliphatic rings. The van der Waals surface area contributed by atoms with E-state index < -0.39 is 28.5 Å². The third-order valence-corrected chi connectivity index (χ3v) is 9.23. The van der Waals surface area contributed by atoms with Crippen LogP contribution in [0.4, 0.5) is 5.69 Å². The monoisotopic (exact) mass is 631 g/mol. The highest BCUT2D eigenvalue weighted by atomic mass is 35.5. The van der Waals surface area contributed by atoms with Gasteiger partial charge in [-0.1, -0.05) is 90.0 Å². The van der Waals surface area contributed by atoms with Crippen LogP contribution < -0.4 is 9.62 Å². The molecule has 1 N–H and O–H groups in total. The van der Waals surface area contributed by atoms with Gasteiger partial charge >= 0.3 is 0 Å². The first-order valence-electron chi connectivity index (χ1n) is 14.5. The summed E-state index contributed by atoms with van der Waals surface area (Å²) in [5.74, 6) is -0.839. The number of rotatable bonds is 12. The number of amides is 2. The van der Waals surface area contributed by atoms with Gasteiger partial charge in [0.05, 0.1) is 10.6 Å². The van der Waals surface area contributed by atoms with Crippen molar-refractivity contribution in [1.82, 2.24) is 10.2 Å². The number of hydrogen-bond donors (Lipinski definition) is 1. The van der Waals surface area contributed by atoms with Gasteiger partial charge in [0.2, 0.25) is 11.8 Å². The van der Waals surface area contributed by atoms with Crippen LogP contribution in [0.15, 0.2) is 108 Å². The van der Waals surface area contributed by atoms with Crippen LogP contribution in [0.5, 0.6) is 0 Å². The molecule has 0 aliphatic heterocycles. The van der Waals surface area contributed by atoms with E-state index in [0.717, 1.165) is 21.0 Å². The number of sulfonamides is 1. The maximum atomic E-state index is 14.5. The lowest BCUT2D eigenvalue weighted by molar-refractivity contribution is -0.140. The van der Waals surface area contributed by atoms with Crippen LogP contribution in [0.25, 0.3) is 0 Å². The molecule has 7 nitrogen and oxygen atoms in total. The van der Waals surface area contributed by atoms with E-state index in [4.69, 9.17) is 11.6 Å². The molecule has 4 aromatic rings. The zero-order valence-electron chi connectivity index (χ0n) is 25.4. The Hall–Kier alpha value is -4.14. The largest absolute Gasteiger partial charge is 0.352 e. The van der Waals surface area contributed by atoms with Crippen molar-refractivity contribution in [2.45, 2.75) is 57.6 Å². The van der Waals surface area contributed by atoms with Crippen molar-refractivity contribution in [3.63, 3.8) is 0 Å². The average Bonchev–Trinajstić information content (AvgIpc) is 2.99. The summed E-state index contributed by atoms with van der Waals surface area (Å²) < 4.78 is 29.4. The van der Waals surface area contributed by atoms with E-state index >= 15 is 0 Å². The topological polar surface area (TPSA) is 86.8 Å². The smallest absolute Gasteiger partial charge is 0.264 e. The number of nitrogens with one attached hydrogen (secondary N) is 1. The number of carbonyl (C=O) groups excluding carboxylic acids is 2. The van der Waals surface area contributed by atoms with Crippen LogP contribution in [0.3, 0.4) is 0 Å². The predicted octanol–water partition coefficient (Wildman–Crippen LogP) is 6.32. The third-order valence-electron chi connectivity index (χ3n) is 7.20. The first-order chi connectivity index (χ1) is 21.0. The Morgan fingerprint density at radius 3 is 2.02 bits per heavy atom. The summed E-state index contributed by atoms with van der Waals surface area (Å²) in [4.78, 5) is 29.8. The fourth-order valence-corrected chi connectivity index (χ4v) is 6.67. The van der Waals surface area contributed by atoms with Crippen LogP contribution in [-0.2, 0) is 32.6 Å². The molecule has 1 unspecified atom stereocenters. The summed E-state index contributed by atoms with van der Waals surface area (Å²) >= 11 is 6.14. The fourth-order valence-electron chi connectivity index (χ4n) is 5.04. The Balaban J connectivity index is 1.82. The van der Waals surface area contributed by atoms with Crippen molar-refractivity contribution in [3.05, 3.63) is 130 Å². The second kappa shape index (κ2) is 14.6. The van der Waals surface area contributed by atoms with E-state index in [-0.39, 0.29) is 29.8 Å². The van der Waals surface area contributed by atoms with Crippen LogP contribution in [0.2, 0.25) is 5.02 Å². The second-order valence-corrected chi connectivity index (χ2v) is 13.4. The van der Waals surface area contributed by atoms with Crippen LogP contribution in [0, 0.1) is 13.8 Å². The molecule has 9 heteroatoms. The molecule has 0 spiro atoms. The molecule has 0 saturated heterocycles. The minimum atomic E-state index is -4.15. The van der Waals surface area contributed by atoms with E-state index in [1.165, 1.54) is 17.0 Å². The van der Waals surface area contributed by atoms with Crippen LogP contribution in [0.1, 0.15) is 36.1 Å². The van der Waals surface area contributed by atoms with Crippen LogP contribution >= 0.6 is 11.6 Å². The first kappa shape index (κ1) is 32.8. The van der Waals surface area contributed by atoms with Crippen LogP contribution in [-0.4, -0.2) is 43.8 Å². The average molecular weight is 632 g/mol. The number of aryl methyl sites for hydroxylation is 2. The minimum Gasteiger partial charge on any atom is -0.352 e. The van der Waals surface area contributed by atoms with Gasteiger partial charge in [0.15, 0.2) is 0 Å². The van der Waals surface area contributed by atoms with Gasteiger partial charge in [-0.25, -0.2) is 8.42 Å². The molecule has 0 aliphatic carbocycles. The van der Waals surface area contributed by atoms with Crippen molar-refractivity contribution in [2.24, 2.45) is 0 Å². The maximum Gasteiger partial charge on any atom is 0.264 e. The van der Waals surface area contributed by atoms with E-state index in [2.05, 4.69) is 5.32 Å². The third kappa shape index (κ3) is 8.27. The van der Waals surface area contributed by atoms with Gasteiger partial charge < -0.3 is 10.2 Å². The molecule has 44 heavy (non-hydrogen) atoms. The standard InChI is InChI=1S/C35H38ClN3O4S/c1-25(2)37-35(41)33(22-28-11-7-5-8-12-28)38(23-29-16-18-30(36)19-17-29)34(40)24-39(32-20-15-26(3)21-27(32)4)44(42,43)31-13-9-6-10-14-31/h5-21,25,33H,22-24H2,1-4H3,(H,37,41). The number of halogens is 1. The molecular formula is C35H38ClN3O4S. The first-order valence-corrected chi connectivity index (χ1v) is 16.3. The van der Waals surface area contributed by atoms with Gasteiger partial charge in [0.1, 0.15) is 12.6 Å². The SMILES string of the molecule is Cc1ccc(N(CC(=O)N(Cc2ccc(Cl)cc2)C(Cc2ccccc2)C(=O)NC(C)C)S(=O)(=O)c2ccccc2)c(C)c1. The van der Waals surface area contributed by atoms with Gasteiger partial charge in [-0.2, -0.15) is 0 Å². The lowest BCUT2D eigenvalue weighted by atomic mass is 10.0. The Morgan fingerprint density at radius 2 is 1.43 bits per heavy atom. The van der Waals surface area contributed by atoms with Gasteiger partial charge in [0, 0.05) is 24.0 Å². The molecule has 230 valence electrons. The second-order valence-electron chi connectivity index (χ2n) is 11.1. The lowest BCUT2D eigenvalue weighted by Gasteiger charge is -2.34. The fraction of sp³-hybridized carbons (Fsp3) is 0.257. The minimum absolute atomic E-state index is 0.0652. The normalized spacial score (nSPS) is 12.0. The van der Waals surface area contributed by atoms with Gasteiger partial charge in [-0.3, -0.25) is 13.9 Å². The Labute approximate surface area is 265 Å². The summed E-state index contributed by atoms with van der Waals surface area (Å²) in [5.41, 5.74) is 3.69. The highest BCUT2D eigenvalue weighted by Crippen LogP contribution is 2.28. The molecule has 0 radical (unpaired) electrons. The van der Waals surface area contributed by atoms with Gasteiger partial charge in [-0.05, 0) is 74.7 Å². The quantitative estimate of drug-likeness (QED) is 0.198. The Kier molecular flexibility index (Phi) is 10.8. The molecule has 0 fully saturated rings. The molecular weight excluding hydrogens is 594 g/mol. The molecule has 4 rings (SSSR count). The lowest BCUT2D eigenvalue weighted by Crippen LogP contribution is -2.54. The van der Waals surface area contributed by atoms with E-state index in [1.807, 2.05) is 70.2 Å². The molecule has 1 atom stereocenters. The number of hydrogen-bond acceptors (Lipinski definition) is 4. The summed E-state index contributed by atoms with van der Waals surface area (Å²) in [5, 5.41) is 3.51. The highest BCUT2D eigenvalue weighted by Gasteiger charge is 2.35. The number of anilines is 1. The molecule has 4 aromatic carbocycles. The van der Waals surface area contributed by atoms with Crippen molar-refractivity contribution in [2.75, 3.05) is 10.8 Å². The number of benzene rings is 4. The Bertz CT molecular complexity index is 1680. The molecule has 0 heterocycles. The zero-order valence-corrected chi connectivity index (χ0v) is 27.0. The van der Waals surface area contributed by atoms with Gasteiger partial charge in [-0.15, -0.1) is 0 Å². The summed E-state index contributed by atoms with van der Waals surface area (Å²) in [7, 11) is -4.15. The van der Waals surface area contributed by atoms with E-state index in [1.54, 1.807) is 48.5 Å². The summed E-state index contributed by atoms with van der Waals surface area (Å²) in [6.07, 6.45) is 0.244. The highest BCUT2D eigenvalue weighted by molar-refractivity contribution is 7.92. The number of carbonyl (C=O) groups is 2. The number of nitrogens with zero attached hydrogens (tertiary/aromatic N) is 2. The Morgan fingerprint density at radius 1 is 0.818 bits per heavy atom. The summed E-state index contributed by atoms with van der Waals surface area (Å²) in [6.45, 7) is 7.03. The van der Waals surface area contributed by atoms with Crippen molar-refractivity contribution >= 4 is 39.1 Å². The molecule has 0 saturated carbocycles. The summed E-state index contributed by atoms with van der Waals surface area (Å²) in [6, 6.07) is 28.9. The molecule has 0 bridgehead atoms. The molecule has 0 aromatic heterocycles. The molecule has 2 amide bonds. The zero-order chi connectivity index (χ0) is 31.9. The van der Waals surface area contributed by atoms with E-state index in [0.29, 0.717) is 16.3 Å².